The second-order valence-corrected chi connectivity index (χ2v) is 19.4. The van der Waals surface area contributed by atoms with Gasteiger partial charge in [0.1, 0.15) is 48.0 Å². The highest BCUT2D eigenvalue weighted by molar-refractivity contribution is 5.98. The summed E-state index contributed by atoms with van der Waals surface area (Å²) in [6, 6.07) is -6.31. The molecule has 4 aliphatic rings. The number of aliphatic hydroxyl groups is 2. The van der Waals surface area contributed by atoms with Crippen LogP contribution in [0.2, 0.25) is 0 Å². The van der Waals surface area contributed by atoms with E-state index in [-0.39, 0.29) is 137 Å². The highest BCUT2D eigenvalue weighted by Crippen LogP contribution is 2.37. The van der Waals surface area contributed by atoms with Gasteiger partial charge >= 0.3 is 0 Å². The number of aromatic nitrogens is 1. The van der Waals surface area contributed by atoms with Crippen molar-refractivity contribution in [1.29, 1.82) is 5.41 Å². The second kappa shape index (κ2) is 33.4. The fourth-order valence-electron chi connectivity index (χ4n) is 8.94. The van der Waals surface area contributed by atoms with E-state index in [9.17, 15) is 88.4 Å². The van der Waals surface area contributed by atoms with E-state index >= 15 is 0 Å². The number of quaternary nitrogens is 2. The van der Waals surface area contributed by atoms with Crippen molar-refractivity contribution in [1.82, 2.24) is 57.2 Å². The lowest BCUT2D eigenvalue weighted by atomic mass is 10.0. The molecule has 20 N–H and O–H groups in total. The number of hydrogen-bond acceptors (Lipinski definition) is 19. The van der Waals surface area contributed by atoms with Crippen molar-refractivity contribution in [3.05, 3.63) is 28.4 Å². The number of anilines is 1. The summed E-state index contributed by atoms with van der Waals surface area (Å²) in [5.74, 6) is -9.20. The number of phenolic OH excluding ortho intramolecular Hbond substituents is 1. The highest BCUT2D eigenvalue weighted by Gasteiger charge is 2.37. The molecule has 7 atom stereocenters. The monoisotopic (exact) mass is 1160 g/mol. The smallest absolute Gasteiger partial charge is 0.245 e. The van der Waals surface area contributed by atoms with E-state index in [0.717, 1.165) is 12.1 Å². The molecule has 11 amide bonds. The summed E-state index contributed by atoms with van der Waals surface area (Å²) in [5.41, 5.74) is 3.50. The summed E-state index contributed by atoms with van der Waals surface area (Å²) in [6.07, 6.45) is 0.177. The molecule has 0 radical (unpaired) electrons. The van der Waals surface area contributed by atoms with Crippen molar-refractivity contribution >= 4 is 83.4 Å². The van der Waals surface area contributed by atoms with E-state index in [1.807, 2.05) is 0 Å². The first-order valence-electron chi connectivity index (χ1n) is 26.6. The Hall–Kier alpha value is -8.37. The van der Waals surface area contributed by atoms with Crippen LogP contribution in [0.4, 0.5) is 11.5 Å². The third-order valence-corrected chi connectivity index (χ3v) is 13.3. The lowest BCUT2D eigenvalue weighted by Crippen LogP contribution is -2.82. The van der Waals surface area contributed by atoms with Gasteiger partial charge in [-0.05, 0) is 88.7 Å². The standard InChI is InChI=1S/C49H73N15O18/c50-14-3-1-7-28(57-48(79)34(24-66)61-49(80)35-13-16-52-42-32(56-40(72)12-11-39(51)71)19-27-20-37(69)38(70)21-36(27)64(35)42)43(74)54-22-41(73)55-29(9-5-17-62(81)25-67)45(76)58-30-8-2-4-15-53-44(75)33(23-65)60-47(78)31(59-46(30)77)10-6-18-63(82)26-68/h19-21,25-26,28-31,33-35,52,65-66,69,81-82H,1-18,22-24,50H2,(H2,51,71)(H,53,75)(H,54,74)(H,55,73)(H,56,72)(H,57,79)(H,58,76)(H,59,77)(H,60,78)(H,61,80)/p+1/t28-,29-,30-,31-,33-,34-,35?/m0/s1. The van der Waals surface area contributed by atoms with Crippen molar-refractivity contribution in [3.8, 4) is 17.0 Å². The van der Waals surface area contributed by atoms with Crippen LogP contribution in [-0.2, 0) is 52.7 Å². The first-order chi connectivity index (χ1) is 39.1. The van der Waals surface area contributed by atoms with Crippen LogP contribution in [0, 0.1) is 5.41 Å². The summed E-state index contributed by atoms with van der Waals surface area (Å²) < 4.78 is 1.41. The predicted octanol–water partition coefficient (Wildman–Crippen LogP) is -8.17. The van der Waals surface area contributed by atoms with Gasteiger partial charge in [0.2, 0.25) is 77.2 Å². The molecule has 4 rings (SSSR count). The molecule has 3 heterocycles. The van der Waals surface area contributed by atoms with Gasteiger partial charge in [-0.25, -0.2) is 10.1 Å². The van der Waals surface area contributed by atoms with Gasteiger partial charge in [-0.15, -0.1) is 0 Å². The van der Waals surface area contributed by atoms with Crippen LogP contribution >= 0.6 is 0 Å². The topological polar surface area (TPSA) is 517 Å². The molecule has 33 nitrogen and oxygen atoms in total. The molecule has 0 aromatic carbocycles. The minimum atomic E-state index is -1.69. The zero-order valence-electron chi connectivity index (χ0n) is 44.9. The Balaban J connectivity index is 1.50. The Morgan fingerprint density at radius 3 is 2.16 bits per heavy atom. The van der Waals surface area contributed by atoms with E-state index in [4.69, 9.17) is 5.41 Å². The predicted molar refractivity (Wildman–Crippen MR) is 279 cm³/mol. The lowest BCUT2D eigenvalue weighted by Gasteiger charge is -2.31. The number of unbranched alkanes of at least 4 members (excludes halogenated alkanes) is 1. The Kier molecular flexibility index (Phi) is 26.9. The number of amides is 11. The summed E-state index contributed by atoms with van der Waals surface area (Å²) in [7, 11) is 0. The fourth-order valence-corrected chi connectivity index (χ4v) is 8.94. The Labute approximate surface area is 468 Å². The molecule has 452 valence electrons. The van der Waals surface area contributed by atoms with Crippen molar-refractivity contribution < 1.29 is 94.6 Å². The maximum absolute atomic E-state index is 14.2. The molecule has 1 fully saturated rings. The Morgan fingerprint density at radius 1 is 0.805 bits per heavy atom. The number of fused-ring (bicyclic) bond motifs is 3. The highest BCUT2D eigenvalue weighted by atomic mass is 16.5. The number of benzene rings is 1. The molecule has 0 aromatic rings. The van der Waals surface area contributed by atoms with Crippen LogP contribution in [0.5, 0.6) is 5.75 Å². The van der Waals surface area contributed by atoms with Crippen LogP contribution in [0.3, 0.4) is 0 Å². The quantitative estimate of drug-likeness (QED) is 0.00863. The van der Waals surface area contributed by atoms with E-state index in [1.165, 1.54) is 10.6 Å². The second-order valence-electron chi connectivity index (χ2n) is 19.4. The molecule has 33 heteroatoms. The zero-order valence-corrected chi connectivity index (χ0v) is 44.9. The first-order valence-corrected chi connectivity index (χ1v) is 26.6. The fraction of sp³-hybridized carbons (Fsp3) is 0.571. The van der Waals surface area contributed by atoms with Gasteiger partial charge in [0.05, 0.1) is 38.5 Å². The van der Waals surface area contributed by atoms with Gasteiger partial charge in [-0.3, -0.25) is 77.8 Å². The Bertz CT molecular complexity index is 2640. The molecular formula is C49H74N15O18+. The molecule has 0 bridgehead atoms. The molecule has 0 aromatic heterocycles. The van der Waals surface area contributed by atoms with Crippen LogP contribution in [0.15, 0.2) is 23.0 Å². The number of phenols is 1. The summed E-state index contributed by atoms with van der Waals surface area (Å²) in [6.45, 7) is -2.43. The first kappa shape index (κ1) is 66.1. The molecule has 0 spiro atoms. The SMILES string of the molecule is N=C([O-])CCC(=O)Nc1cc2cc(O)c(=O)cc-2n2c1[NH2+]CCC2C(=O)N[C@@H](CO)C(=O)N[C@@H](CCCC[NH3+])C(=O)NCC(=O)N[C@@H](CCCN(O)C=O)C(=O)N[C@H]1CCCCNC(=O)[C@H](CO)NC(=O)[C@H](CCCN(O)C=O)NC1=O. The number of nitrogens with one attached hydrogen (secondary N) is 10. The number of pyridine rings is 1. The van der Waals surface area contributed by atoms with Crippen molar-refractivity contribution in [3.63, 3.8) is 0 Å². The minimum absolute atomic E-state index is 0.0261. The number of nitrogens with zero attached hydrogens (tertiary/aromatic N) is 3. The van der Waals surface area contributed by atoms with Gasteiger partial charge in [0.15, 0.2) is 5.75 Å². The normalized spacial score (nSPS) is 18.5. The minimum Gasteiger partial charge on any atom is -0.862 e. The summed E-state index contributed by atoms with van der Waals surface area (Å²) in [4.78, 5) is 157. The molecular weight excluding hydrogens is 1090 g/mol. The number of nitrogens with two attached hydrogens (primary N) is 1. The molecule has 1 saturated heterocycles. The third kappa shape index (κ3) is 20.3. The van der Waals surface area contributed by atoms with Gasteiger partial charge in [0.25, 0.3) is 0 Å². The molecule has 3 aliphatic heterocycles. The molecule has 1 aliphatic carbocycles. The van der Waals surface area contributed by atoms with E-state index < -0.39 is 132 Å². The average Bonchev–Trinajstić information content (AvgIpc) is 1.58. The van der Waals surface area contributed by atoms with Crippen molar-refractivity contribution in [2.24, 2.45) is 0 Å². The number of hydrogen-bond donors (Lipinski definition) is 17. The van der Waals surface area contributed by atoms with Crippen LogP contribution in [0.1, 0.15) is 89.5 Å². The molecule has 82 heavy (non-hydrogen) atoms. The number of rotatable bonds is 30. The van der Waals surface area contributed by atoms with Crippen molar-refractivity contribution in [2.45, 2.75) is 126 Å². The number of carbonyl (C=O) groups excluding carboxylic acids is 11. The van der Waals surface area contributed by atoms with Gasteiger partial charge in [-0.1, -0.05) is 0 Å². The third-order valence-electron chi connectivity index (χ3n) is 13.3. The summed E-state index contributed by atoms with van der Waals surface area (Å²) >= 11 is 0. The van der Waals surface area contributed by atoms with Crippen molar-refractivity contribution in [2.75, 3.05) is 57.8 Å². The average molecular weight is 1160 g/mol. The van der Waals surface area contributed by atoms with Crippen LogP contribution in [-0.4, -0.2) is 201 Å². The van der Waals surface area contributed by atoms with Gasteiger partial charge in [-0.2, -0.15) is 0 Å². The number of aliphatic hydroxyl groups excluding tert-OH is 2. The number of hydroxylamine groups is 4. The maximum atomic E-state index is 14.2. The van der Waals surface area contributed by atoms with Gasteiger partial charge in [0, 0.05) is 44.1 Å². The van der Waals surface area contributed by atoms with Gasteiger partial charge < -0.3 is 79.4 Å². The molecule has 1 unspecified atom stereocenters. The number of carbonyl (C=O) groups is 11. The van der Waals surface area contributed by atoms with Crippen LogP contribution < -0.4 is 69.4 Å². The Morgan fingerprint density at radius 2 is 1.49 bits per heavy atom. The van der Waals surface area contributed by atoms with E-state index in [0.29, 0.717) is 24.4 Å². The van der Waals surface area contributed by atoms with E-state index in [2.05, 4.69) is 53.6 Å². The van der Waals surface area contributed by atoms with E-state index in [1.54, 1.807) is 5.32 Å². The number of aromatic hydroxyl groups is 1. The zero-order chi connectivity index (χ0) is 60.5. The van der Waals surface area contributed by atoms with Crippen LogP contribution in [0.25, 0.3) is 11.3 Å². The lowest BCUT2D eigenvalue weighted by molar-refractivity contribution is -0.583. The summed E-state index contributed by atoms with van der Waals surface area (Å²) in [5, 5.41) is 93.0. The largest absolute Gasteiger partial charge is 0.862 e. The molecule has 0 saturated carbocycles. The maximum Gasteiger partial charge on any atom is 0.245 e.